The molecule has 0 N–H and O–H groups in total. The Morgan fingerprint density at radius 2 is 1.56 bits per heavy atom. The van der Waals surface area contributed by atoms with Crippen LogP contribution in [0.5, 0.6) is 5.75 Å². The molecule has 2 aromatic carbocycles. The molecule has 0 aromatic heterocycles. The number of halogens is 2. The van der Waals surface area contributed by atoms with Gasteiger partial charge in [-0.15, -0.1) is 0 Å². The highest BCUT2D eigenvalue weighted by atomic mass is 28.1. The quantitative estimate of drug-likeness (QED) is 0.668. The Bertz CT molecular complexity index is 674. The van der Waals surface area contributed by atoms with Crippen LogP contribution in [0.25, 0.3) is 0 Å². The maximum Gasteiger partial charge on any atom is 0.426 e. The largest absolute Gasteiger partial charge is 0.429 e. The van der Waals surface area contributed by atoms with Gasteiger partial charge in [-0.25, -0.2) is 0 Å². The van der Waals surface area contributed by atoms with Crippen LogP contribution in [-0.2, 0) is 6.11 Å². The van der Waals surface area contributed by atoms with Crippen LogP contribution in [0.4, 0.5) is 8.78 Å². The summed E-state index contributed by atoms with van der Waals surface area (Å²) >= 11 is 0. The van der Waals surface area contributed by atoms with Gasteiger partial charge in [-0.05, 0) is 61.4 Å². The lowest BCUT2D eigenvalue weighted by atomic mass is 9.79. The first-order valence-corrected chi connectivity index (χ1v) is 10.6. The summed E-state index contributed by atoms with van der Waals surface area (Å²) in [5.74, 6) is 1.60. The van der Waals surface area contributed by atoms with Crippen molar-refractivity contribution < 1.29 is 13.5 Å². The van der Waals surface area contributed by atoms with E-state index in [1.165, 1.54) is 59.7 Å². The summed E-state index contributed by atoms with van der Waals surface area (Å²) in [6, 6.07) is 14.8. The summed E-state index contributed by atoms with van der Waals surface area (Å²) < 4.78 is 33.7. The van der Waals surface area contributed by atoms with Crippen LogP contribution in [0.3, 0.4) is 0 Å². The van der Waals surface area contributed by atoms with Crippen molar-refractivity contribution in [2.45, 2.75) is 50.7 Å². The summed E-state index contributed by atoms with van der Waals surface area (Å²) in [7, 11) is 1.28. The lowest BCUT2D eigenvalue weighted by Crippen LogP contribution is -2.22. The van der Waals surface area contributed by atoms with E-state index in [4.69, 9.17) is 4.74 Å². The zero-order valence-electron chi connectivity index (χ0n) is 15.0. The van der Waals surface area contributed by atoms with E-state index in [1.54, 1.807) is 24.3 Å². The normalized spacial score (nSPS) is 21.2. The minimum atomic E-state index is -3.32. The third-order valence-corrected chi connectivity index (χ3v) is 6.56. The summed E-state index contributed by atoms with van der Waals surface area (Å²) in [5.41, 5.74) is 2.10. The summed E-state index contributed by atoms with van der Waals surface area (Å²) in [5, 5.41) is 0. The predicted molar refractivity (Wildman–Crippen MR) is 102 cm³/mol. The third kappa shape index (κ3) is 4.49. The number of benzene rings is 2. The van der Waals surface area contributed by atoms with Crippen molar-refractivity contribution in [1.29, 1.82) is 0 Å². The SMILES string of the molecule is Cc1ccc(OC(F)(F)c2ccc(C3CCC(C[SiH3])CC3)cc2)cc1. The highest BCUT2D eigenvalue weighted by Crippen LogP contribution is 2.38. The van der Waals surface area contributed by atoms with Gasteiger partial charge >= 0.3 is 6.11 Å². The fourth-order valence-corrected chi connectivity index (χ4v) is 4.48. The molecule has 1 nitrogen and oxygen atoms in total. The lowest BCUT2D eigenvalue weighted by molar-refractivity contribution is -0.185. The third-order valence-electron chi connectivity index (χ3n) is 5.41. The first kappa shape index (κ1) is 18.1. The molecule has 1 saturated carbocycles. The number of rotatable bonds is 5. The van der Waals surface area contributed by atoms with Gasteiger partial charge in [0.05, 0.1) is 5.56 Å². The molecule has 0 unspecified atom stereocenters. The highest BCUT2D eigenvalue weighted by Gasteiger charge is 2.34. The summed E-state index contributed by atoms with van der Waals surface area (Å²) in [6.45, 7) is 1.91. The topological polar surface area (TPSA) is 9.23 Å². The van der Waals surface area contributed by atoms with E-state index in [-0.39, 0.29) is 11.3 Å². The molecular weight excluding hydrogens is 334 g/mol. The lowest BCUT2D eigenvalue weighted by Gasteiger charge is -2.28. The average molecular weight is 361 g/mol. The van der Waals surface area contributed by atoms with E-state index >= 15 is 0 Å². The Morgan fingerprint density at radius 3 is 2.12 bits per heavy atom. The first-order valence-electron chi connectivity index (χ1n) is 9.22. The zero-order valence-corrected chi connectivity index (χ0v) is 17.0. The number of hydrogen-bond donors (Lipinski definition) is 0. The fourth-order valence-electron chi connectivity index (χ4n) is 3.67. The molecule has 0 spiro atoms. The molecule has 0 amide bonds. The van der Waals surface area contributed by atoms with E-state index in [1.807, 2.05) is 19.1 Å². The van der Waals surface area contributed by atoms with Crippen LogP contribution >= 0.6 is 0 Å². The Balaban J connectivity index is 1.67. The van der Waals surface area contributed by atoms with Crippen LogP contribution in [0.1, 0.15) is 48.3 Å². The molecule has 1 aliphatic carbocycles. The van der Waals surface area contributed by atoms with Crippen LogP contribution < -0.4 is 4.74 Å². The van der Waals surface area contributed by atoms with Crippen molar-refractivity contribution in [2.24, 2.45) is 5.92 Å². The molecule has 1 aliphatic rings. The maximum absolute atomic E-state index is 14.4. The van der Waals surface area contributed by atoms with Crippen LogP contribution in [0.2, 0.25) is 6.04 Å². The predicted octanol–water partition coefficient (Wildman–Crippen LogP) is 5.18. The van der Waals surface area contributed by atoms with Gasteiger partial charge in [0.25, 0.3) is 0 Å². The number of alkyl halides is 2. The second-order valence-corrected chi connectivity index (χ2v) is 8.00. The standard InChI is InChI=1S/C21H26F2OSi/c1-15-2-12-20(13-3-15)24-21(22,23)19-10-8-18(9-11-19)17-6-4-16(14-25)5-7-17/h2-3,8-13,16-17H,4-7,14H2,1,25H3. The highest BCUT2D eigenvalue weighted by molar-refractivity contribution is 6.08. The zero-order chi connectivity index (χ0) is 17.9. The van der Waals surface area contributed by atoms with Crippen LogP contribution in [0.15, 0.2) is 48.5 Å². The van der Waals surface area contributed by atoms with E-state index < -0.39 is 6.11 Å². The van der Waals surface area contributed by atoms with Crippen molar-refractivity contribution in [2.75, 3.05) is 0 Å². The van der Waals surface area contributed by atoms with Crippen LogP contribution in [0, 0.1) is 12.8 Å². The molecule has 2 aromatic rings. The Hall–Kier alpha value is -1.68. The molecule has 134 valence electrons. The molecule has 0 radical (unpaired) electrons. The Morgan fingerprint density at radius 1 is 0.960 bits per heavy atom. The monoisotopic (exact) mass is 360 g/mol. The fraction of sp³-hybridized carbons (Fsp3) is 0.429. The molecular formula is C21H26F2OSi. The smallest absolute Gasteiger partial charge is 0.426 e. The Labute approximate surface area is 151 Å². The summed E-state index contributed by atoms with van der Waals surface area (Å²) in [4.78, 5) is 0. The first-order chi connectivity index (χ1) is 12.0. The average Bonchev–Trinajstić information content (AvgIpc) is 2.64. The summed E-state index contributed by atoms with van der Waals surface area (Å²) in [6.07, 6.45) is 1.61. The molecule has 1 fully saturated rings. The second kappa shape index (κ2) is 7.69. The molecule has 0 atom stereocenters. The minimum Gasteiger partial charge on any atom is -0.429 e. The van der Waals surface area contributed by atoms with Gasteiger partial charge < -0.3 is 4.74 Å². The molecule has 0 aliphatic heterocycles. The Kier molecular flexibility index (Phi) is 5.57. The van der Waals surface area contributed by atoms with Crippen LogP contribution in [-0.4, -0.2) is 10.2 Å². The van der Waals surface area contributed by atoms with Gasteiger partial charge in [-0.2, -0.15) is 8.78 Å². The van der Waals surface area contributed by atoms with E-state index in [2.05, 4.69) is 0 Å². The van der Waals surface area contributed by atoms with Crippen molar-refractivity contribution in [3.63, 3.8) is 0 Å². The molecule has 4 heteroatoms. The molecule has 3 rings (SSSR count). The van der Waals surface area contributed by atoms with Gasteiger partial charge in [-0.3, -0.25) is 0 Å². The van der Waals surface area contributed by atoms with E-state index in [0.717, 1.165) is 11.5 Å². The molecule has 0 saturated heterocycles. The molecule has 0 bridgehead atoms. The van der Waals surface area contributed by atoms with Gasteiger partial charge in [0.2, 0.25) is 0 Å². The number of aryl methyl sites for hydroxylation is 1. The molecule has 25 heavy (non-hydrogen) atoms. The molecule has 0 heterocycles. The van der Waals surface area contributed by atoms with E-state index in [9.17, 15) is 8.78 Å². The minimum absolute atomic E-state index is 0.0925. The van der Waals surface area contributed by atoms with Crippen molar-refractivity contribution in [1.82, 2.24) is 0 Å². The number of hydrogen-bond acceptors (Lipinski definition) is 1. The second-order valence-electron chi connectivity index (χ2n) is 7.18. The van der Waals surface area contributed by atoms with Crippen molar-refractivity contribution in [3.05, 3.63) is 65.2 Å². The van der Waals surface area contributed by atoms with Crippen molar-refractivity contribution in [3.8, 4) is 5.75 Å². The van der Waals surface area contributed by atoms with E-state index in [0.29, 0.717) is 5.92 Å². The van der Waals surface area contributed by atoms with Gasteiger partial charge in [0.15, 0.2) is 0 Å². The maximum atomic E-state index is 14.4. The van der Waals surface area contributed by atoms with Gasteiger partial charge in [0, 0.05) is 10.2 Å². The van der Waals surface area contributed by atoms with Gasteiger partial charge in [-0.1, -0.05) is 48.7 Å². The van der Waals surface area contributed by atoms with Gasteiger partial charge in [0.1, 0.15) is 5.75 Å². The van der Waals surface area contributed by atoms with Crippen molar-refractivity contribution >= 4 is 10.2 Å². The number of ether oxygens (including phenoxy) is 1.